The van der Waals surface area contributed by atoms with Gasteiger partial charge in [-0.05, 0) is 37.3 Å². The van der Waals surface area contributed by atoms with E-state index in [9.17, 15) is 4.39 Å². The topological polar surface area (TPSA) is 51.4 Å². The number of aliphatic imine (C=N–C) groups is 1. The molecule has 6 heteroatoms. The smallest absolute Gasteiger partial charge is 0.194 e. The van der Waals surface area contributed by atoms with Crippen LogP contribution in [0.2, 0.25) is 0 Å². The van der Waals surface area contributed by atoms with Crippen LogP contribution in [0.3, 0.4) is 0 Å². The summed E-state index contributed by atoms with van der Waals surface area (Å²) in [7, 11) is 0. The number of hydrogen-bond donors (Lipinski definition) is 1. The Morgan fingerprint density at radius 3 is 2.58 bits per heavy atom. The third kappa shape index (κ3) is 5.62. The molecule has 0 aromatic heterocycles. The summed E-state index contributed by atoms with van der Waals surface area (Å²) in [5, 5.41) is 12.1. The van der Waals surface area contributed by atoms with Gasteiger partial charge in [-0.1, -0.05) is 19.9 Å². The maximum Gasteiger partial charge on any atom is 0.194 e. The molecule has 1 aliphatic rings. The number of piperidine rings is 1. The summed E-state index contributed by atoms with van der Waals surface area (Å²) < 4.78 is 14.0. The summed E-state index contributed by atoms with van der Waals surface area (Å²) >= 11 is 0. The summed E-state index contributed by atoms with van der Waals surface area (Å²) in [6, 6.07) is 6.48. The van der Waals surface area contributed by atoms with E-state index in [4.69, 9.17) is 5.26 Å². The highest BCUT2D eigenvalue weighted by Gasteiger charge is 2.24. The van der Waals surface area contributed by atoms with Gasteiger partial charge in [0.05, 0.1) is 18.2 Å². The van der Waals surface area contributed by atoms with E-state index in [1.165, 1.54) is 12.5 Å². The Morgan fingerprint density at radius 2 is 2.04 bits per heavy atom. The van der Waals surface area contributed by atoms with Gasteiger partial charge in [-0.2, -0.15) is 5.26 Å². The fraction of sp³-hybridized carbons (Fsp3) is 0.556. The van der Waals surface area contributed by atoms with E-state index in [0.29, 0.717) is 23.0 Å². The van der Waals surface area contributed by atoms with Crippen molar-refractivity contribution in [1.82, 2.24) is 10.2 Å². The van der Waals surface area contributed by atoms with Gasteiger partial charge >= 0.3 is 0 Å². The van der Waals surface area contributed by atoms with Crippen LogP contribution in [-0.2, 0) is 6.54 Å². The van der Waals surface area contributed by atoms with Crippen LogP contribution < -0.4 is 5.32 Å². The number of halogens is 2. The highest BCUT2D eigenvalue weighted by atomic mass is 127. The Hall–Kier alpha value is -1.36. The molecule has 2 rings (SSSR count). The number of rotatable bonds is 3. The number of hydrogen-bond acceptors (Lipinski definition) is 2. The number of nitrogens with one attached hydrogen (secondary N) is 1. The van der Waals surface area contributed by atoms with Gasteiger partial charge in [-0.3, -0.25) is 0 Å². The summed E-state index contributed by atoms with van der Waals surface area (Å²) in [5.74, 6) is 1.74. The van der Waals surface area contributed by atoms with Crippen LogP contribution in [0.25, 0.3) is 0 Å². The summed E-state index contributed by atoms with van der Waals surface area (Å²) in [5.41, 5.74) is 0.846. The second kappa shape index (κ2) is 9.82. The van der Waals surface area contributed by atoms with E-state index in [-0.39, 0.29) is 36.3 Å². The van der Waals surface area contributed by atoms with Crippen molar-refractivity contribution in [1.29, 1.82) is 5.26 Å². The van der Waals surface area contributed by atoms with Crippen molar-refractivity contribution in [3.05, 3.63) is 35.1 Å². The van der Waals surface area contributed by atoms with E-state index in [1.807, 2.05) is 13.0 Å². The van der Waals surface area contributed by atoms with Gasteiger partial charge in [0.15, 0.2) is 5.96 Å². The SMILES string of the molecule is CCNC(=NCc1ccc(C#N)cc1F)N1CC(C)CC(C)C1.I. The lowest BCUT2D eigenvalue weighted by atomic mass is 9.92. The van der Waals surface area contributed by atoms with Crippen molar-refractivity contribution < 1.29 is 4.39 Å². The number of nitriles is 1. The zero-order valence-corrected chi connectivity index (χ0v) is 16.9. The zero-order valence-electron chi connectivity index (χ0n) is 14.6. The predicted molar refractivity (Wildman–Crippen MR) is 106 cm³/mol. The predicted octanol–water partition coefficient (Wildman–Crippen LogP) is 3.76. The molecule has 2 atom stereocenters. The molecule has 1 heterocycles. The first-order chi connectivity index (χ1) is 11.0. The van der Waals surface area contributed by atoms with Crippen LogP contribution >= 0.6 is 24.0 Å². The van der Waals surface area contributed by atoms with Gasteiger partial charge < -0.3 is 10.2 Å². The van der Waals surface area contributed by atoms with Crippen molar-refractivity contribution in [2.45, 2.75) is 33.7 Å². The molecule has 1 aliphatic heterocycles. The Morgan fingerprint density at radius 1 is 1.38 bits per heavy atom. The second-order valence-electron chi connectivity index (χ2n) is 6.44. The lowest BCUT2D eigenvalue weighted by Crippen LogP contribution is -2.48. The molecule has 0 radical (unpaired) electrons. The zero-order chi connectivity index (χ0) is 16.8. The Kier molecular flexibility index (Phi) is 8.46. The molecule has 0 aliphatic carbocycles. The van der Waals surface area contributed by atoms with Crippen molar-refractivity contribution >= 4 is 29.9 Å². The monoisotopic (exact) mass is 444 g/mol. The van der Waals surface area contributed by atoms with Crippen LogP contribution in [0.5, 0.6) is 0 Å². The Balaban J connectivity index is 0.00000288. The first-order valence-electron chi connectivity index (χ1n) is 8.25. The molecule has 0 bridgehead atoms. The number of benzene rings is 1. The van der Waals surface area contributed by atoms with Gasteiger partial charge in [0.25, 0.3) is 0 Å². The average Bonchev–Trinajstić information content (AvgIpc) is 2.51. The maximum atomic E-state index is 14.0. The van der Waals surface area contributed by atoms with Crippen molar-refractivity contribution in [2.75, 3.05) is 19.6 Å². The standard InChI is InChI=1S/C18H25FN4.HI/c1-4-21-18(23-11-13(2)7-14(3)12-23)22-10-16-6-5-15(9-20)8-17(16)19;/h5-6,8,13-14H,4,7,10-12H2,1-3H3,(H,21,22);1H. The van der Waals surface area contributed by atoms with E-state index >= 15 is 0 Å². The minimum absolute atomic E-state index is 0. The van der Waals surface area contributed by atoms with Gasteiger partial charge in [0.1, 0.15) is 5.82 Å². The molecule has 1 N–H and O–H groups in total. The molecule has 132 valence electrons. The van der Waals surface area contributed by atoms with Crippen LogP contribution in [0.4, 0.5) is 4.39 Å². The van der Waals surface area contributed by atoms with Crippen molar-refractivity contribution in [3.63, 3.8) is 0 Å². The van der Waals surface area contributed by atoms with Crippen LogP contribution in [0, 0.1) is 29.0 Å². The van der Waals surface area contributed by atoms with Crippen LogP contribution in [-0.4, -0.2) is 30.5 Å². The van der Waals surface area contributed by atoms with E-state index in [1.54, 1.807) is 12.1 Å². The number of guanidine groups is 1. The molecule has 1 saturated heterocycles. The van der Waals surface area contributed by atoms with Gasteiger partial charge in [-0.15, -0.1) is 24.0 Å². The minimum Gasteiger partial charge on any atom is -0.357 e. The van der Waals surface area contributed by atoms with E-state index in [0.717, 1.165) is 25.6 Å². The quantitative estimate of drug-likeness (QED) is 0.439. The number of likely N-dealkylation sites (tertiary alicyclic amines) is 1. The first-order valence-corrected chi connectivity index (χ1v) is 8.25. The average molecular weight is 444 g/mol. The molecule has 1 aromatic carbocycles. The normalized spacial score (nSPS) is 21.0. The molecule has 1 fully saturated rings. The van der Waals surface area contributed by atoms with E-state index in [2.05, 4.69) is 29.1 Å². The third-order valence-electron chi connectivity index (χ3n) is 4.08. The molecular formula is C18H26FIN4. The van der Waals surface area contributed by atoms with Gasteiger partial charge in [0.2, 0.25) is 0 Å². The fourth-order valence-electron chi connectivity index (χ4n) is 3.17. The highest BCUT2D eigenvalue weighted by molar-refractivity contribution is 14.0. The number of nitrogens with zero attached hydrogens (tertiary/aromatic N) is 3. The molecule has 2 unspecified atom stereocenters. The lowest BCUT2D eigenvalue weighted by Gasteiger charge is -2.37. The largest absolute Gasteiger partial charge is 0.357 e. The maximum absolute atomic E-state index is 14.0. The summed E-state index contributed by atoms with van der Waals surface area (Å²) in [6.07, 6.45) is 1.24. The van der Waals surface area contributed by atoms with Crippen molar-refractivity contribution in [2.24, 2.45) is 16.8 Å². The molecule has 24 heavy (non-hydrogen) atoms. The van der Waals surface area contributed by atoms with Crippen LogP contribution in [0.1, 0.15) is 38.3 Å². The summed E-state index contributed by atoms with van der Waals surface area (Å²) in [4.78, 5) is 6.87. The molecule has 0 spiro atoms. The molecular weight excluding hydrogens is 418 g/mol. The summed E-state index contributed by atoms with van der Waals surface area (Å²) in [6.45, 7) is 9.57. The minimum atomic E-state index is -0.371. The van der Waals surface area contributed by atoms with Crippen molar-refractivity contribution in [3.8, 4) is 6.07 Å². The molecule has 0 saturated carbocycles. The molecule has 0 amide bonds. The van der Waals surface area contributed by atoms with Gasteiger partial charge in [0, 0.05) is 25.2 Å². The third-order valence-corrected chi connectivity index (χ3v) is 4.08. The first kappa shape index (κ1) is 20.7. The fourth-order valence-corrected chi connectivity index (χ4v) is 3.17. The van der Waals surface area contributed by atoms with Crippen LogP contribution in [0.15, 0.2) is 23.2 Å². The molecule has 1 aromatic rings. The Labute approximate surface area is 161 Å². The lowest BCUT2D eigenvalue weighted by molar-refractivity contribution is 0.208. The van der Waals surface area contributed by atoms with E-state index < -0.39 is 0 Å². The molecule has 4 nitrogen and oxygen atoms in total. The highest BCUT2D eigenvalue weighted by Crippen LogP contribution is 2.21. The second-order valence-corrected chi connectivity index (χ2v) is 6.44. The van der Waals surface area contributed by atoms with Gasteiger partial charge in [-0.25, -0.2) is 9.38 Å². The Bertz CT molecular complexity index is 602.